The van der Waals surface area contributed by atoms with Crippen molar-refractivity contribution >= 4 is 17.2 Å². The van der Waals surface area contributed by atoms with Crippen LogP contribution in [0.1, 0.15) is 37.5 Å². The number of likely N-dealkylation sites (tertiary alicyclic amines) is 1. The van der Waals surface area contributed by atoms with Crippen molar-refractivity contribution in [3.63, 3.8) is 0 Å². The Morgan fingerprint density at radius 1 is 1.61 bits per heavy atom. The molecule has 1 amide bonds. The highest BCUT2D eigenvalue weighted by molar-refractivity contribution is 7.09. The van der Waals surface area contributed by atoms with Crippen LogP contribution in [-0.2, 0) is 11.2 Å². The molecule has 1 unspecified atom stereocenters. The Labute approximate surface area is 112 Å². The number of nitrogens with zero attached hydrogens (tertiary/aromatic N) is 1. The second-order valence-electron chi connectivity index (χ2n) is 5.35. The molecule has 0 aromatic carbocycles. The number of piperidine rings is 1. The second-order valence-corrected chi connectivity index (χ2v) is 6.38. The molecule has 0 radical (unpaired) electrons. The van der Waals surface area contributed by atoms with Gasteiger partial charge < -0.3 is 10.0 Å². The summed E-state index contributed by atoms with van der Waals surface area (Å²) >= 11 is 1.75. The molecular weight excluding hydrogens is 246 g/mol. The van der Waals surface area contributed by atoms with E-state index in [2.05, 4.69) is 11.4 Å². The Kier molecular flexibility index (Phi) is 4.40. The number of rotatable bonds is 4. The Bertz CT molecular complexity index is 387. The summed E-state index contributed by atoms with van der Waals surface area (Å²) in [5, 5.41) is 12.0. The van der Waals surface area contributed by atoms with E-state index < -0.39 is 5.60 Å². The molecule has 2 rings (SSSR count). The Balaban J connectivity index is 1.74. The third-order valence-corrected chi connectivity index (χ3v) is 4.36. The maximum absolute atomic E-state index is 12.0. The summed E-state index contributed by atoms with van der Waals surface area (Å²) < 4.78 is 0. The summed E-state index contributed by atoms with van der Waals surface area (Å²) in [5.41, 5.74) is -0.693. The van der Waals surface area contributed by atoms with Crippen LogP contribution >= 0.6 is 11.3 Å². The highest BCUT2D eigenvalue weighted by atomic mass is 32.1. The second kappa shape index (κ2) is 5.85. The van der Waals surface area contributed by atoms with Gasteiger partial charge in [0.15, 0.2) is 0 Å². The maximum Gasteiger partial charge on any atom is 0.222 e. The van der Waals surface area contributed by atoms with E-state index in [0.29, 0.717) is 13.0 Å². The minimum absolute atomic E-state index is 0.187. The molecule has 1 N–H and O–H groups in total. The molecule has 1 saturated heterocycles. The average Bonchev–Trinajstić information content (AvgIpc) is 2.80. The zero-order valence-electron chi connectivity index (χ0n) is 10.9. The van der Waals surface area contributed by atoms with E-state index in [-0.39, 0.29) is 5.91 Å². The molecule has 0 spiro atoms. The normalized spacial score (nSPS) is 24.2. The molecule has 1 aliphatic rings. The van der Waals surface area contributed by atoms with E-state index >= 15 is 0 Å². The van der Waals surface area contributed by atoms with Gasteiger partial charge in [-0.2, -0.15) is 0 Å². The number of β-amino-alcohol motifs (C(OH)–C–C–N with tert-alkyl or cyclic N) is 1. The van der Waals surface area contributed by atoms with Crippen molar-refractivity contribution in [1.29, 1.82) is 0 Å². The van der Waals surface area contributed by atoms with Gasteiger partial charge in [0.05, 0.1) is 5.60 Å². The van der Waals surface area contributed by atoms with Gasteiger partial charge in [-0.25, -0.2) is 0 Å². The summed E-state index contributed by atoms with van der Waals surface area (Å²) in [6.45, 7) is 3.11. The van der Waals surface area contributed by atoms with E-state index in [9.17, 15) is 9.90 Å². The topological polar surface area (TPSA) is 40.5 Å². The predicted molar refractivity (Wildman–Crippen MR) is 73.7 cm³/mol. The fourth-order valence-electron chi connectivity index (χ4n) is 2.46. The highest BCUT2D eigenvalue weighted by Crippen LogP contribution is 2.21. The van der Waals surface area contributed by atoms with Gasteiger partial charge in [-0.05, 0) is 44.1 Å². The van der Waals surface area contributed by atoms with Crippen molar-refractivity contribution in [3.05, 3.63) is 22.4 Å². The zero-order valence-corrected chi connectivity index (χ0v) is 11.7. The molecule has 1 aromatic heterocycles. The molecule has 100 valence electrons. The van der Waals surface area contributed by atoms with Gasteiger partial charge in [0.2, 0.25) is 5.91 Å². The summed E-state index contributed by atoms with van der Waals surface area (Å²) in [4.78, 5) is 15.2. The minimum Gasteiger partial charge on any atom is -0.388 e. The van der Waals surface area contributed by atoms with Gasteiger partial charge in [-0.1, -0.05) is 6.07 Å². The van der Waals surface area contributed by atoms with Crippen LogP contribution in [0, 0.1) is 0 Å². The molecule has 1 aliphatic heterocycles. The summed E-state index contributed by atoms with van der Waals surface area (Å²) in [6, 6.07) is 4.16. The number of carbonyl (C=O) groups is 1. The SMILES string of the molecule is CC1(O)CCCN(C(=O)CCCc2cccs2)C1. The monoisotopic (exact) mass is 267 g/mol. The first-order valence-corrected chi connectivity index (χ1v) is 7.47. The molecule has 0 bridgehead atoms. The van der Waals surface area contributed by atoms with Crippen molar-refractivity contribution in [2.45, 2.75) is 44.6 Å². The summed E-state index contributed by atoms with van der Waals surface area (Å²) in [6.07, 6.45) is 4.18. The number of amides is 1. The fourth-order valence-corrected chi connectivity index (χ4v) is 3.21. The lowest BCUT2D eigenvalue weighted by Gasteiger charge is -2.36. The largest absolute Gasteiger partial charge is 0.388 e. The van der Waals surface area contributed by atoms with Crippen molar-refractivity contribution in [1.82, 2.24) is 4.90 Å². The Hall–Kier alpha value is -0.870. The van der Waals surface area contributed by atoms with Crippen LogP contribution < -0.4 is 0 Å². The van der Waals surface area contributed by atoms with E-state index in [1.165, 1.54) is 4.88 Å². The number of carbonyl (C=O) groups excluding carboxylic acids is 1. The van der Waals surface area contributed by atoms with Crippen LogP contribution in [0.3, 0.4) is 0 Å². The molecule has 3 nitrogen and oxygen atoms in total. The molecule has 0 aliphatic carbocycles. The number of hydrogen-bond acceptors (Lipinski definition) is 3. The Morgan fingerprint density at radius 2 is 2.44 bits per heavy atom. The average molecular weight is 267 g/mol. The van der Waals surface area contributed by atoms with Gasteiger partial charge in [0, 0.05) is 24.4 Å². The van der Waals surface area contributed by atoms with Crippen LogP contribution in [0.15, 0.2) is 17.5 Å². The van der Waals surface area contributed by atoms with Crippen molar-refractivity contribution in [2.75, 3.05) is 13.1 Å². The van der Waals surface area contributed by atoms with E-state index in [4.69, 9.17) is 0 Å². The summed E-state index contributed by atoms with van der Waals surface area (Å²) in [7, 11) is 0. The summed E-state index contributed by atoms with van der Waals surface area (Å²) in [5.74, 6) is 0.187. The Morgan fingerprint density at radius 3 is 3.11 bits per heavy atom. The van der Waals surface area contributed by atoms with Gasteiger partial charge in [-0.15, -0.1) is 11.3 Å². The molecule has 18 heavy (non-hydrogen) atoms. The van der Waals surface area contributed by atoms with Crippen LogP contribution in [0.4, 0.5) is 0 Å². The maximum atomic E-state index is 12.0. The van der Waals surface area contributed by atoms with Crippen LogP contribution in [0.2, 0.25) is 0 Å². The molecule has 4 heteroatoms. The molecule has 1 aromatic rings. The third-order valence-electron chi connectivity index (χ3n) is 3.42. The van der Waals surface area contributed by atoms with Gasteiger partial charge >= 0.3 is 0 Å². The van der Waals surface area contributed by atoms with E-state index in [1.807, 2.05) is 17.9 Å². The standard InChI is InChI=1S/C14H21NO2S/c1-14(17)8-4-9-15(11-14)13(16)7-2-5-12-6-3-10-18-12/h3,6,10,17H,2,4-5,7-9,11H2,1H3. The van der Waals surface area contributed by atoms with Crippen LogP contribution in [-0.4, -0.2) is 34.6 Å². The van der Waals surface area contributed by atoms with Crippen LogP contribution in [0.5, 0.6) is 0 Å². The first-order valence-electron chi connectivity index (χ1n) is 6.59. The smallest absolute Gasteiger partial charge is 0.222 e. The predicted octanol–water partition coefficient (Wildman–Crippen LogP) is 2.44. The molecular formula is C14H21NO2S. The number of hydrogen-bond donors (Lipinski definition) is 1. The third kappa shape index (κ3) is 3.82. The quantitative estimate of drug-likeness (QED) is 0.910. The van der Waals surface area contributed by atoms with Crippen molar-refractivity contribution in [3.8, 4) is 0 Å². The molecule has 1 atom stereocenters. The molecule has 1 fully saturated rings. The number of thiophene rings is 1. The first-order chi connectivity index (χ1) is 8.57. The van der Waals surface area contributed by atoms with Gasteiger partial charge in [0.1, 0.15) is 0 Å². The molecule has 2 heterocycles. The number of aryl methyl sites for hydroxylation is 1. The van der Waals surface area contributed by atoms with E-state index in [0.717, 1.165) is 32.2 Å². The van der Waals surface area contributed by atoms with Gasteiger partial charge in [-0.3, -0.25) is 4.79 Å². The van der Waals surface area contributed by atoms with E-state index in [1.54, 1.807) is 11.3 Å². The highest BCUT2D eigenvalue weighted by Gasteiger charge is 2.30. The number of aliphatic hydroxyl groups is 1. The fraction of sp³-hybridized carbons (Fsp3) is 0.643. The lowest BCUT2D eigenvalue weighted by Crippen LogP contribution is -2.48. The first kappa shape index (κ1) is 13.6. The van der Waals surface area contributed by atoms with Crippen LogP contribution in [0.25, 0.3) is 0 Å². The van der Waals surface area contributed by atoms with Crippen molar-refractivity contribution < 1.29 is 9.90 Å². The zero-order chi connectivity index (χ0) is 13.0. The lowest BCUT2D eigenvalue weighted by atomic mass is 9.95. The lowest BCUT2D eigenvalue weighted by molar-refractivity contribution is -0.137. The van der Waals surface area contributed by atoms with Gasteiger partial charge in [0.25, 0.3) is 0 Å². The molecule has 0 saturated carbocycles. The van der Waals surface area contributed by atoms with Crippen molar-refractivity contribution in [2.24, 2.45) is 0 Å². The minimum atomic E-state index is -0.693.